The molecule has 3 unspecified atom stereocenters. The normalized spacial score (nSPS) is 27.3. The number of fused-ring (bicyclic) bond motifs is 2. The van der Waals surface area contributed by atoms with Gasteiger partial charge in [0.2, 0.25) is 5.91 Å². The summed E-state index contributed by atoms with van der Waals surface area (Å²) in [5.74, 6) is 0.0856. The van der Waals surface area contributed by atoms with Crippen molar-refractivity contribution in [2.24, 2.45) is 11.7 Å². The second-order valence-electron chi connectivity index (χ2n) is 5.45. The van der Waals surface area contributed by atoms with Crippen molar-refractivity contribution in [2.75, 3.05) is 10.6 Å². The number of anilines is 2. The molecule has 5 N–H and O–H groups in total. The largest absolute Gasteiger partial charge is 0.351 e. The third-order valence-electron chi connectivity index (χ3n) is 4.03. The fourth-order valence-corrected chi connectivity index (χ4v) is 3.17. The van der Waals surface area contributed by atoms with Crippen molar-refractivity contribution in [1.29, 1.82) is 0 Å². The number of primary amides is 1. The first-order chi connectivity index (χ1) is 9.61. The van der Waals surface area contributed by atoms with E-state index in [2.05, 4.69) is 16.0 Å². The molecule has 2 saturated heterocycles. The number of hydrogen-bond donors (Lipinski definition) is 4. The number of carbonyl (C=O) groups is 2. The van der Waals surface area contributed by atoms with Crippen molar-refractivity contribution < 1.29 is 9.59 Å². The molecule has 3 amide bonds. The summed E-state index contributed by atoms with van der Waals surface area (Å²) in [4.78, 5) is 23.1. The average Bonchev–Trinajstić information content (AvgIpc) is 3.00. The summed E-state index contributed by atoms with van der Waals surface area (Å²) in [6.07, 6.45) is 3.16. The topological polar surface area (TPSA) is 96.2 Å². The Bertz CT molecular complexity index is 546. The van der Waals surface area contributed by atoms with Gasteiger partial charge < -0.3 is 21.7 Å². The molecule has 0 aliphatic carbocycles. The van der Waals surface area contributed by atoms with Crippen LogP contribution in [0.15, 0.2) is 24.3 Å². The molecule has 6 nitrogen and oxygen atoms in total. The Hall–Kier alpha value is -2.08. The molecular formula is C14H18N4O2. The molecule has 2 aliphatic heterocycles. The summed E-state index contributed by atoms with van der Waals surface area (Å²) in [7, 11) is 0. The number of nitrogens with two attached hydrogens (primary N) is 1. The second kappa shape index (κ2) is 5.13. The van der Waals surface area contributed by atoms with Gasteiger partial charge >= 0.3 is 6.03 Å². The lowest BCUT2D eigenvalue weighted by Crippen LogP contribution is -2.32. The van der Waals surface area contributed by atoms with E-state index in [-0.39, 0.29) is 11.8 Å². The van der Waals surface area contributed by atoms with E-state index in [4.69, 9.17) is 5.73 Å². The second-order valence-corrected chi connectivity index (χ2v) is 5.45. The lowest BCUT2D eigenvalue weighted by Gasteiger charge is -2.19. The Labute approximate surface area is 117 Å². The first-order valence-electron chi connectivity index (χ1n) is 6.85. The van der Waals surface area contributed by atoms with Crippen LogP contribution in [0.2, 0.25) is 0 Å². The van der Waals surface area contributed by atoms with Gasteiger partial charge in [-0.15, -0.1) is 0 Å². The summed E-state index contributed by atoms with van der Waals surface area (Å²) in [5.41, 5.74) is 6.31. The van der Waals surface area contributed by atoms with Crippen LogP contribution in [0.4, 0.5) is 16.2 Å². The van der Waals surface area contributed by atoms with Crippen molar-refractivity contribution in [1.82, 2.24) is 5.32 Å². The molecule has 2 bridgehead atoms. The SMILES string of the molecule is NC(=O)Nc1cccc(NC(=O)C2CC3CCC2N3)c1. The van der Waals surface area contributed by atoms with Gasteiger partial charge in [0, 0.05) is 23.5 Å². The predicted molar refractivity (Wildman–Crippen MR) is 76.3 cm³/mol. The molecule has 20 heavy (non-hydrogen) atoms. The standard InChI is InChI=1S/C14H18N4O2/c15-14(20)18-9-3-1-2-8(6-9)17-13(19)11-7-10-4-5-12(11)16-10/h1-3,6,10-12,16H,4-5,7H2,(H,17,19)(H3,15,18,20). The zero-order chi connectivity index (χ0) is 14.1. The van der Waals surface area contributed by atoms with Crippen molar-refractivity contribution in [3.8, 4) is 0 Å². The third-order valence-corrected chi connectivity index (χ3v) is 4.03. The minimum atomic E-state index is -0.620. The Morgan fingerprint density at radius 2 is 1.95 bits per heavy atom. The fourth-order valence-electron chi connectivity index (χ4n) is 3.17. The van der Waals surface area contributed by atoms with Gasteiger partial charge in [-0.2, -0.15) is 0 Å². The van der Waals surface area contributed by atoms with E-state index in [1.165, 1.54) is 6.42 Å². The molecule has 1 aromatic carbocycles. The molecule has 0 radical (unpaired) electrons. The van der Waals surface area contributed by atoms with Gasteiger partial charge in [-0.25, -0.2) is 4.79 Å². The Kier molecular flexibility index (Phi) is 3.31. The van der Waals surface area contributed by atoms with E-state index in [1.54, 1.807) is 24.3 Å². The minimum Gasteiger partial charge on any atom is -0.351 e. The zero-order valence-corrected chi connectivity index (χ0v) is 11.1. The van der Waals surface area contributed by atoms with Crippen LogP contribution in [-0.2, 0) is 4.79 Å². The zero-order valence-electron chi connectivity index (χ0n) is 11.1. The van der Waals surface area contributed by atoms with Crippen LogP contribution in [0.1, 0.15) is 19.3 Å². The van der Waals surface area contributed by atoms with Crippen molar-refractivity contribution in [3.05, 3.63) is 24.3 Å². The molecule has 3 rings (SSSR count). The fraction of sp³-hybridized carbons (Fsp3) is 0.429. The predicted octanol–water partition coefficient (Wildman–Crippen LogP) is 1.26. The average molecular weight is 274 g/mol. The summed E-state index contributed by atoms with van der Waals surface area (Å²) >= 11 is 0. The van der Waals surface area contributed by atoms with Gasteiger partial charge in [-0.3, -0.25) is 4.79 Å². The Balaban J connectivity index is 1.65. The van der Waals surface area contributed by atoms with Crippen LogP contribution in [-0.4, -0.2) is 24.0 Å². The van der Waals surface area contributed by atoms with Gasteiger partial charge in [0.05, 0.1) is 5.92 Å². The van der Waals surface area contributed by atoms with Crippen LogP contribution < -0.4 is 21.7 Å². The summed E-state index contributed by atoms with van der Waals surface area (Å²) in [5, 5.41) is 8.85. The number of urea groups is 1. The number of nitrogens with one attached hydrogen (secondary N) is 3. The molecule has 2 heterocycles. The highest BCUT2D eigenvalue weighted by atomic mass is 16.2. The van der Waals surface area contributed by atoms with Crippen LogP contribution >= 0.6 is 0 Å². The number of amides is 3. The maximum absolute atomic E-state index is 12.3. The highest BCUT2D eigenvalue weighted by Crippen LogP contribution is 2.34. The first kappa shape index (κ1) is 12.9. The molecule has 3 atom stereocenters. The molecule has 0 spiro atoms. The lowest BCUT2D eigenvalue weighted by atomic mass is 9.88. The van der Waals surface area contributed by atoms with Crippen LogP contribution in [0.5, 0.6) is 0 Å². The first-order valence-corrected chi connectivity index (χ1v) is 6.85. The van der Waals surface area contributed by atoms with E-state index >= 15 is 0 Å². The Morgan fingerprint density at radius 1 is 1.20 bits per heavy atom. The summed E-state index contributed by atoms with van der Waals surface area (Å²) < 4.78 is 0. The molecular weight excluding hydrogens is 256 g/mol. The van der Waals surface area contributed by atoms with Crippen molar-refractivity contribution in [2.45, 2.75) is 31.3 Å². The van der Waals surface area contributed by atoms with Crippen molar-refractivity contribution in [3.63, 3.8) is 0 Å². The molecule has 0 saturated carbocycles. The summed E-state index contributed by atoms with van der Waals surface area (Å²) in [6.45, 7) is 0. The van der Waals surface area contributed by atoms with Gasteiger partial charge in [0.15, 0.2) is 0 Å². The maximum Gasteiger partial charge on any atom is 0.316 e. The molecule has 6 heteroatoms. The van der Waals surface area contributed by atoms with Gasteiger partial charge in [-0.1, -0.05) is 6.07 Å². The smallest absolute Gasteiger partial charge is 0.316 e. The molecule has 2 aliphatic rings. The molecule has 106 valence electrons. The minimum absolute atomic E-state index is 0.0425. The van der Waals surface area contributed by atoms with Crippen LogP contribution in [0, 0.1) is 5.92 Å². The summed E-state index contributed by atoms with van der Waals surface area (Å²) in [6, 6.07) is 7.17. The van der Waals surface area contributed by atoms with Gasteiger partial charge in [0.1, 0.15) is 0 Å². The van der Waals surface area contributed by atoms with E-state index in [9.17, 15) is 9.59 Å². The van der Waals surface area contributed by atoms with Gasteiger partial charge in [-0.05, 0) is 37.5 Å². The number of benzene rings is 1. The van der Waals surface area contributed by atoms with Crippen LogP contribution in [0.3, 0.4) is 0 Å². The third kappa shape index (κ3) is 2.60. The molecule has 0 aromatic heterocycles. The Morgan fingerprint density at radius 3 is 2.55 bits per heavy atom. The number of rotatable bonds is 3. The number of hydrogen-bond acceptors (Lipinski definition) is 3. The van der Waals surface area contributed by atoms with Crippen molar-refractivity contribution >= 4 is 23.3 Å². The van der Waals surface area contributed by atoms with Crippen LogP contribution in [0.25, 0.3) is 0 Å². The highest BCUT2D eigenvalue weighted by molar-refractivity contribution is 5.95. The monoisotopic (exact) mass is 274 g/mol. The maximum atomic E-state index is 12.3. The van der Waals surface area contributed by atoms with E-state index < -0.39 is 6.03 Å². The van der Waals surface area contributed by atoms with Gasteiger partial charge in [0.25, 0.3) is 0 Å². The number of carbonyl (C=O) groups excluding carboxylic acids is 2. The quantitative estimate of drug-likeness (QED) is 0.668. The molecule has 1 aromatic rings. The van der Waals surface area contributed by atoms with E-state index in [1.807, 2.05) is 0 Å². The lowest BCUT2D eigenvalue weighted by molar-refractivity contribution is -0.120. The van der Waals surface area contributed by atoms with E-state index in [0.717, 1.165) is 12.8 Å². The molecule has 2 fully saturated rings. The van der Waals surface area contributed by atoms with E-state index in [0.29, 0.717) is 23.5 Å². The highest BCUT2D eigenvalue weighted by Gasteiger charge is 2.42.